The highest BCUT2D eigenvalue weighted by atomic mass is 79.9. The molecule has 1 aromatic rings. The Morgan fingerprint density at radius 1 is 1.50 bits per heavy atom. The summed E-state index contributed by atoms with van der Waals surface area (Å²) in [4.78, 5) is 11.7. The van der Waals surface area contributed by atoms with E-state index in [9.17, 15) is 13.6 Å². The third-order valence-corrected chi connectivity index (χ3v) is 2.99. The van der Waals surface area contributed by atoms with E-state index in [2.05, 4.69) is 21.2 Å². The number of alkyl halides is 1. The summed E-state index contributed by atoms with van der Waals surface area (Å²) in [6, 6.07) is 2.87. The van der Waals surface area contributed by atoms with Crippen molar-refractivity contribution in [3.63, 3.8) is 0 Å². The molecule has 1 rings (SSSR count). The second-order valence-corrected chi connectivity index (χ2v) is 5.02. The fourth-order valence-corrected chi connectivity index (χ4v) is 1.87. The third-order valence-electron chi connectivity index (χ3n) is 2.27. The molecule has 0 aliphatic rings. The van der Waals surface area contributed by atoms with Gasteiger partial charge in [0, 0.05) is 24.5 Å². The molecule has 0 bridgehead atoms. The number of amides is 1. The molecule has 0 heterocycles. The molecule has 1 N–H and O–H groups in total. The summed E-state index contributed by atoms with van der Waals surface area (Å²) >= 11 is 3.37. The minimum Gasteiger partial charge on any atom is -0.384 e. The fraction of sp³-hybridized carbons (Fsp3) is 0.417. The number of carbonyl (C=O) groups excluding carboxylic acids is 1. The van der Waals surface area contributed by atoms with Crippen molar-refractivity contribution in [2.45, 2.75) is 11.2 Å². The topological polar surface area (TPSA) is 38.3 Å². The van der Waals surface area contributed by atoms with Crippen molar-refractivity contribution >= 4 is 21.8 Å². The van der Waals surface area contributed by atoms with E-state index >= 15 is 0 Å². The Morgan fingerprint density at radius 3 is 2.83 bits per heavy atom. The summed E-state index contributed by atoms with van der Waals surface area (Å²) in [7, 11) is 1.58. The van der Waals surface area contributed by atoms with Gasteiger partial charge in [0.1, 0.15) is 11.6 Å². The predicted octanol–water partition coefficient (Wildman–Crippen LogP) is 2.49. The third kappa shape index (κ3) is 4.70. The summed E-state index contributed by atoms with van der Waals surface area (Å²) in [5.74, 6) is -2.12. The average Bonchev–Trinajstić information content (AvgIpc) is 2.29. The lowest BCUT2D eigenvalue weighted by Crippen LogP contribution is -2.27. The predicted molar refractivity (Wildman–Crippen MR) is 67.9 cm³/mol. The second kappa shape index (κ2) is 7.43. The molecule has 3 nitrogen and oxygen atoms in total. The second-order valence-electron chi connectivity index (χ2n) is 3.72. The van der Waals surface area contributed by atoms with Crippen LogP contribution in [0.2, 0.25) is 0 Å². The Hall–Kier alpha value is -1.01. The van der Waals surface area contributed by atoms with E-state index in [0.717, 1.165) is 12.1 Å². The summed E-state index contributed by atoms with van der Waals surface area (Å²) in [6.07, 6.45) is 0.655. The molecule has 0 radical (unpaired) electrons. The number of rotatable bonds is 6. The van der Waals surface area contributed by atoms with Gasteiger partial charge >= 0.3 is 0 Å². The van der Waals surface area contributed by atoms with Crippen molar-refractivity contribution in [1.82, 2.24) is 5.32 Å². The highest BCUT2D eigenvalue weighted by Gasteiger charge is 2.12. The first-order valence-corrected chi connectivity index (χ1v) is 6.32. The van der Waals surface area contributed by atoms with Gasteiger partial charge in [-0.3, -0.25) is 4.79 Å². The van der Waals surface area contributed by atoms with Gasteiger partial charge in [-0.1, -0.05) is 15.9 Å². The van der Waals surface area contributed by atoms with Crippen LogP contribution in [0, 0.1) is 11.6 Å². The zero-order chi connectivity index (χ0) is 13.5. The molecule has 18 heavy (non-hydrogen) atoms. The molecule has 1 amide bonds. The van der Waals surface area contributed by atoms with Crippen LogP contribution in [0.5, 0.6) is 0 Å². The molecular formula is C12H14BrF2NO2. The number of hydrogen-bond acceptors (Lipinski definition) is 2. The van der Waals surface area contributed by atoms with E-state index in [1.807, 2.05) is 0 Å². The van der Waals surface area contributed by atoms with Crippen LogP contribution in [0.25, 0.3) is 0 Å². The molecule has 1 aromatic carbocycles. The molecule has 1 unspecified atom stereocenters. The molecule has 0 spiro atoms. The van der Waals surface area contributed by atoms with Crippen molar-refractivity contribution in [2.75, 3.05) is 20.3 Å². The van der Waals surface area contributed by atoms with E-state index in [-0.39, 0.29) is 10.4 Å². The maximum atomic E-state index is 13.3. The van der Waals surface area contributed by atoms with Crippen LogP contribution in [-0.4, -0.2) is 31.0 Å². The maximum Gasteiger partial charge on any atom is 0.254 e. The van der Waals surface area contributed by atoms with Gasteiger partial charge in [0.15, 0.2) is 0 Å². The summed E-state index contributed by atoms with van der Waals surface area (Å²) in [6.45, 7) is 0.912. The lowest BCUT2D eigenvalue weighted by Gasteiger charge is -2.09. The van der Waals surface area contributed by atoms with Crippen LogP contribution in [0.1, 0.15) is 16.8 Å². The van der Waals surface area contributed by atoms with Crippen molar-refractivity contribution in [2.24, 2.45) is 0 Å². The lowest BCUT2D eigenvalue weighted by atomic mass is 10.2. The monoisotopic (exact) mass is 321 g/mol. The van der Waals surface area contributed by atoms with Gasteiger partial charge in [0.05, 0.1) is 12.2 Å². The molecule has 0 aliphatic heterocycles. The quantitative estimate of drug-likeness (QED) is 0.817. The van der Waals surface area contributed by atoms with Crippen LogP contribution >= 0.6 is 15.9 Å². The molecule has 6 heteroatoms. The highest BCUT2D eigenvalue weighted by molar-refractivity contribution is 9.09. The van der Waals surface area contributed by atoms with Gasteiger partial charge in [0.2, 0.25) is 0 Å². The van der Waals surface area contributed by atoms with Gasteiger partial charge in [-0.2, -0.15) is 0 Å². The Labute approximate surface area is 113 Å². The first-order valence-electron chi connectivity index (χ1n) is 5.41. The molecule has 0 aliphatic carbocycles. The number of carbonyl (C=O) groups is 1. The first kappa shape index (κ1) is 15.0. The normalized spacial score (nSPS) is 12.2. The average molecular weight is 322 g/mol. The molecular weight excluding hydrogens is 308 g/mol. The Bertz CT molecular complexity index is 415. The number of hydrogen-bond donors (Lipinski definition) is 1. The van der Waals surface area contributed by atoms with E-state index in [0.29, 0.717) is 25.6 Å². The minimum absolute atomic E-state index is 0.126. The minimum atomic E-state index is -0.861. The molecule has 0 saturated heterocycles. The number of methoxy groups -OCH3 is 1. The van der Waals surface area contributed by atoms with Crippen LogP contribution in [-0.2, 0) is 4.74 Å². The summed E-state index contributed by atoms with van der Waals surface area (Å²) in [5.41, 5.74) is -0.158. The van der Waals surface area contributed by atoms with Crippen molar-refractivity contribution in [1.29, 1.82) is 0 Å². The SMILES string of the molecule is COCC(Br)CCNC(=O)c1ccc(F)cc1F. The molecule has 100 valence electrons. The van der Waals surface area contributed by atoms with E-state index in [1.165, 1.54) is 0 Å². The Kier molecular flexibility index (Phi) is 6.21. The lowest BCUT2D eigenvalue weighted by molar-refractivity contribution is 0.0948. The van der Waals surface area contributed by atoms with Crippen molar-refractivity contribution in [3.8, 4) is 0 Å². The van der Waals surface area contributed by atoms with Gasteiger partial charge in [-0.25, -0.2) is 8.78 Å². The van der Waals surface area contributed by atoms with Gasteiger partial charge in [-0.05, 0) is 18.6 Å². The van der Waals surface area contributed by atoms with E-state index < -0.39 is 17.5 Å². The van der Waals surface area contributed by atoms with Crippen LogP contribution in [0.4, 0.5) is 8.78 Å². The largest absolute Gasteiger partial charge is 0.384 e. The van der Waals surface area contributed by atoms with Crippen LogP contribution in [0.3, 0.4) is 0 Å². The fourth-order valence-electron chi connectivity index (χ4n) is 1.38. The standard InChI is InChI=1S/C12H14BrF2NO2/c1-18-7-8(13)4-5-16-12(17)10-3-2-9(14)6-11(10)15/h2-3,6,8H,4-5,7H2,1H3,(H,16,17). The van der Waals surface area contributed by atoms with E-state index in [1.54, 1.807) is 7.11 Å². The highest BCUT2D eigenvalue weighted by Crippen LogP contribution is 2.09. The Morgan fingerprint density at radius 2 is 2.22 bits per heavy atom. The first-order chi connectivity index (χ1) is 8.54. The van der Waals surface area contributed by atoms with Crippen LogP contribution < -0.4 is 5.32 Å². The maximum absolute atomic E-state index is 13.3. The number of benzene rings is 1. The molecule has 0 fully saturated rings. The van der Waals surface area contributed by atoms with Crippen molar-refractivity contribution < 1.29 is 18.3 Å². The smallest absolute Gasteiger partial charge is 0.254 e. The van der Waals surface area contributed by atoms with Gasteiger partial charge in [-0.15, -0.1) is 0 Å². The Balaban J connectivity index is 2.45. The van der Waals surface area contributed by atoms with E-state index in [4.69, 9.17) is 4.74 Å². The van der Waals surface area contributed by atoms with Crippen molar-refractivity contribution in [3.05, 3.63) is 35.4 Å². The summed E-state index contributed by atoms with van der Waals surface area (Å²) in [5, 5.41) is 2.56. The van der Waals surface area contributed by atoms with Crippen LogP contribution in [0.15, 0.2) is 18.2 Å². The molecule has 1 atom stereocenters. The molecule has 0 saturated carbocycles. The van der Waals surface area contributed by atoms with Gasteiger partial charge < -0.3 is 10.1 Å². The number of halogens is 3. The van der Waals surface area contributed by atoms with Gasteiger partial charge in [0.25, 0.3) is 5.91 Å². The zero-order valence-corrected chi connectivity index (χ0v) is 11.5. The molecule has 0 aromatic heterocycles. The number of nitrogens with one attached hydrogen (secondary N) is 1. The summed E-state index contributed by atoms with van der Waals surface area (Å²) < 4.78 is 30.9. The number of ether oxygens (including phenoxy) is 1. The zero-order valence-electron chi connectivity index (χ0n) is 9.88.